The van der Waals surface area contributed by atoms with Gasteiger partial charge in [0.15, 0.2) is 0 Å². The Hall–Kier alpha value is -2.31. The molecule has 108 valence electrons. The molecule has 7 nitrogen and oxygen atoms in total. The number of aromatic nitrogens is 1. The van der Waals surface area contributed by atoms with E-state index in [2.05, 4.69) is 10.3 Å². The minimum Gasteiger partial charge on any atom is -0.478 e. The number of nitrogens with one attached hydrogen (secondary N) is 1. The van der Waals surface area contributed by atoms with Crippen LogP contribution in [0.25, 0.3) is 0 Å². The van der Waals surface area contributed by atoms with Gasteiger partial charge >= 0.3 is 5.97 Å². The van der Waals surface area contributed by atoms with E-state index in [-0.39, 0.29) is 17.2 Å². The molecule has 1 aliphatic rings. The Morgan fingerprint density at radius 3 is 2.65 bits per heavy atom. The molecule has 0 aliphatic carbocycles. The molecule has 0 bridgehead atoms. The lowest BCUT2D eigenvalue weighted by Gasteiger charge is -2.22. The molecule has 4 N–H and O–H groups in total. The summed E-state index contributed by atoms with van der Waals surface area (Å²) in [5, 5.41) is 11.8. The number of carboxylic acids is 1. The highest BCUT2D eigenvalue weighted by Crippen LogP contribution is 2.18. The van der Waals surface area contributed by atoms with Crippen LogP contribution in [0.2, 0.25) is 0 Å². The number of anilines is 2. The topological polar surface area (TPSA) is 109 Å². The van der Waals surface area contributed by atoms with Crippen molar-refractivity contribution in [2.45, 2.75) is 25.8 Å². The second-order valence-corrected chi connectivity index (χ2v) is 4.87. The van der Waals surface area contributed by atoms with Gasteiger partial charge in [0, 0.05) is 19.3 Å². The summed E-state index contributed by atoms with van der Waals surface area (Å²) in [5.41, 5.74) is 5.98. The monoisotopic (exact) mass is 278 g/mol. The Bertz CT molecular complexity index is 526. The molecule has 2 heterocycles. The predicted octanol–water partition coefficient (Wildman–Crippen LogP) is 0.785. The predicted molar refractivity (Wildman–Crippen MR) is 74.5 cm³/mol. The third-order valence-electron chi connectivity index (χ3n) is 3.31. The number of carboxylic acid groups (broad SMARTS) is 1. The number of carbonyl (C=O) groups excluding carboxylic acids is 1. The Morgan fingerprint density at radius 2 is 2.10 bits per heavy atom. The standard InChI is InChI=1S/C13H18N4O3/c1-8(12(18)17-4-2-3-5-17)16-11-10(14)6-9(7-15-11)13(19)20/h6-8H,2-5,14H2,1H3,(H,15,16)(H,19,20). The molecule has 0 radical (unpaired) electrons. The summed E-state index contributed by atoms with van der Waals surface area (Å²) in [5.74, 6) is -0.752. The van der Waals surface area contributed by atoms with Crippen molar-refractivity contribution >= 4 is 23.4 Å². The van der Waals surface area contributed by atoms with Crippen molar-refractivity contribution in [1.29, 1.82) is 0 Å². The smallest absolute Gasteiger partial charge is 0.337 e. The molecule has 0 saturated carbocycles. The number of nitrogen functional groups attached to an aromatic ring is 1. The number of amides is 1. The highest BCUT2D eigenvalue weighted by atomic mass is 16.4. The van der Waals surface area contributed by atoms with Crippen LogP contribution in [-0.2, 0) is 4.79 Å². The van der Waals surface area contributed by atoms with Crippen LogP contribution in [0, 0.1) is 0 Å². The third kappa shape index (κ3) is 2.98. The van der Waals surface area contributed by atoms with Crippen LogP contribution in [0.15, 0.2) is 12.3 Å². The van der Waals surface area contributed by atoms with Gasteiger partial charge in [0.05, 0.1) is 11.3 Å². The van der Waals surface area contributed by atoms with Gasteiger partial charge in [-0.05, 0) is 25.8 Å². The second kappa shape index (κ2) is 5.77. The number of likely N-dealkylation sites (tertiary alicyclic amines) is 1. The number of nitrogens with two attached hydrogens (primary N) is 1. The number of aromatic carboxylic acids is 1. The maximum Gasteiger partial charge on any atom is 0.337 e. The molecule has 1 atom stereocenters. The van der Waals surface area contributed by atoms with E-state index in [4.69, 9.17) is 10.8 Å². The molecular formula is C13H18N4O3. The van der Waals surface area contributed by atoms with E-state index in [1.54, 1.807) is 11.8 Å². The van der Waals surface area contributed by atoms with E-state index in [0.717, 1.165) is 25.9 Å². The fraction of sp³-hybridized carbons (Fsp3) is 0.462. The van der Waals surface area contributed by atoms with Gasteiger partial charge in [0.1, 0.15) is 11.9 Å². The fourth-order valence-corrected chi connectivity index (χ4v) is 2.20. The lowest BCUT2D eigenvalue weighted by atomic mass is 10.2. The number of nitrogens with zero attached hydrogens (tertiary/aromatic N) is 2. The second-order valence-electron chi connectivity index (χ2n) is 4.87. The maximum atomic E-state index is 12.1. The normalized spacial score (nSPS) is 15.9. The summed E-state index contributed by atoms with van der Waals surface area (Å²) in [6.45, 7) is 3.31. The lowest BCUT2D eigenvalue weighted by Crippen LogP contribution is -2.39. The largest absolute Gasteiger partial charge is 0.478 e. The highest BCUT2D eigenvalue weighted by Gasteiger charge is 2.23. The molecule has 1 aromatic heterocycles. The fourth-order valence-electron chi connectivity index (χ4n) is 2.20. The Morgan fingerprint density at radius 1 is 1.45 bits per heavy atom. The summed E-state index contributed by atoms with van der Waals surface area (Å²) in [6.07, 6.45) is 3.28. The summed E-state index contributed by atoms with van der Waals surface area (Å²) in [6, 6.07) is 0.878. The van der Waals surface area contributed by atoms with E-state index in [9.17, 15) is 9.59 Å². The summed E-state index contributed by atoms with van der Waals surface area (Å²) in [7, 11) is 0. The number of hydrogen-bond acceptors (Lipinski definition) is 5. The summed E-state index contributed by atoms with van der Waals surface area (Å²) in [4.78, 5) is 28.7. The van der Waals surface area contributed by atoms with E-state index in [0.29, 0.717) is 5.82 Å². The minimum atomic E-state index is -1.09. The number of hydrogen-bond donors (Lipinski definition) is 3. The molecule has 0 aromatic carbocycles. The first kappa shape index (κ1) is 14.1. The quantitative estimate of drug-likeness (QED) is 0.751. The number of carbonyl (C=O) groups is 2. The minimum absolute atomic E-state index is 0.00557. The van der Waals surface area contributed by atoms with Crippen molar-refractivity contribution in [3.63, 3.8) is 0 Å². The molecule has 7 heteroatoms. The first-order valence-corrected chi connectivity index (χ1v) is 6.53. The van der Waals surface area contributed by atoms with Crippen molar-refractivity contribution in [2.75, 3.05) is 24.1 Å². The van der Waals surface area contributed by atoms with Crippen LogP contribution in [-0.4, -0.2) is 46.0 Å². The molecule has 1 aliphatic heterocycles. The number of pyridine rings is 1. The number of rotatable bonds is 4. The molecule has 1 fully saturated rings. The Balaban J connectivity index is 2.05. The average Bonchev–Trinajstić information content (AvgIpc) is 2.93. The molecule has 1 unspecified atom stereocenters. The van der Waals surface area contributed by atoms with Crippen molar-refractivity contribution in [2.24, 2.45) is 0 Å². The molecule has 0 spiro atoms. The zero-order valence-corrected chi connectivity index (χ0v) is 11.3. The van der Waals surface area contributed by atoms with E-state index >= 15 is 0 Å². The molecule has 20 heavy (non-hydrogen) atoms. The van der Waals surface area contributed by atoms with Gasteiger partial charge in [0.25, 0.3) is 0 Å². The van der Waals surface area contributed by atoms with Gasteiger partial charge in [-0.2, -0.15) is 0 Å². The zero-order chi connectivity index (χ0) is 14.7. The van der Waals surface area contributed by atoms with E-state index in [1.807, 2.05) is 0 Å². The van der Waals surface area contributed by atoms with Crippen molar-refractivity contribution in [3.05, 3.63) is 17.8 Å². The molecule has 2 rings (SSSR count). The Kier molecular flexibility index (Phi) is 4.07. The first-order chi connectivity index (χ1) is 9.49. The van der Waals surface area contributed by atoms with Crippen LogP contribution in [0.1, 0.15) is 30.1 Å². The SMILES string of the molecule is CC(Nc1ncc(C(=O)O)cc1N)C(=O)N1CCCC1. The molecule has 1 amide bonds. The zero-order valence-electron chi connectivity index (χ0n) is 11.3. The van der Waals surface area contributed by atoms with Crippen LogP contribution in [0.5, 0.6) is 0 Å². The van der Waals surface area contributed by atoms with Gasteiger partial charge in [-0.25, -0.2) is 9.78 Å². The van der Waals surface area contributed by atoms with Gasteiger partial charge in [-0.3, -0.25) is 4.79 Å². The van der Waals surface area contributed by atoms with Crippen LogP contribution < -0.4 is 11.1 Å². The van der Waals surface area contributed by atoms with E-state index in [1.165, 1.54) is 12.3 Å². The molecule has 1 saturated heterocycles. The highest BCUT2D eigenvalue weighted by molar-refractivity contribution is 5.90. The maximum absolute atomic E-state index is 12.1. The lowest BCUT2D eigenvalue weighted by molar-refractivity contribution is -0.130. The first-order valence-electron chi connectivity index (χ1n) is 6.53. The van der Waals surface area contributed by atoms with Gasteiger partial charge in [0.2, 0.25) is 5.91 Å². The Labute approximate surface area is 116 Å². The van der Waals surface area contributed by atoms with Crippen molar-refractivity contribution < 1.29 is 14.7 Å². The van der Waals surface area contributed by atoms with Crippen molar-refractivity contribution in [1.82, 2.24) is 9.88 Å². The van der Waals surface area contributed by atoms with Gasteiger partial charge in [-0.15, -0.1) is 0 Å². The van der Waals surface area contributed by atoms with E-state index < -0.39 is 12.0 Å². The average molecular weight is 278 g/mol. The summed E-state index contributed by atoms with van der Waals surface area (Å²) >= 11 is 0. The van der Waals surface area contributed by atoms with Crippen LogP contribution in [0.4, 0.5) is 11.5 Å². The van der Waals surface area contributed by atoms with Gasteiger partial charge in [-0.1, -0.05) is 0 Å². The van der Waals surface area contributed by atoms with Crippen molar-refractivity contribution in [3.8, 4) is 0 Å². The molecular weight excluding hydrogens is 260 g/mol. The van der Waals surface area contributed by atoms with Crippen LogP contribution in [0.3, 0.4) is 0 Å². The van der Waals surface area contributed by atoms with Crippen LogP contribution >= 0.6 is 0 Å². The summed E-state index contributed by atoms with van der Waals surface area (Å²) < 4.78 is 0. The molecule has 1 aromatic rings. The van der Waals surface area contributed by atoms with Gasteiger partial charge < -0.3 is 21.1 Å². The third-order valence-corrected chi connectivity index (χ3v) is 3.31.